The quantitative estimate of drug-likeness (QED) is 0.515. The first-order chi connectivity index (χ1) is 13.4. The lowest BCUT2D eigenvalue weighted by Gasteiger charge is -2.36. The van der Waals surface area contributed by atoms with Crippen molar-refractivity contribution in [3.05, 3.63) is 41.5 Å². The van der Waals surface area contributed by atoms with Gasteiger partial charge in [0.15, 0.2) is 0 Å². The molecule has 0 aromatic heterocycles. The lowest BCUT2D eigenvalue weighted by Crippen LogP contribution is -2.55. The van der Waals surface area contributed by atoms with Crippen LogP contribution in [-0.4, -0.2) is 52.9 Å². The van der Waals surface area contributed by atoms with Crippen LogP contribution < -0.4 is 10.5 Å². The van der Waals surface area contributed by atoms with Crippen LogP contribution in [0.1, 0.15) is 40.2 Å². The van der Waals surface area contributed by atoms with Crippen LogP contribution in [0.5, 0.6) is 5.75 Å². The van der Waals surface area contributed by atoms with Crippen LogP contribution in [-0.2, 0) is 15.3 Å². The van der Waals surface area contributed by atoms with Crippen LogP contribution >= 0.6 is 24.2 Å². The first kappa shape index (κ1) is 28.3. The number of likely N-dealkylation sites (N-methyl/N-ethyl adjacent to an activating group) is 1. The molecule has 0 bridgehead atoms. The van der Waals surface area contributed by atoms with E-state index in [1.54, 1.807) is 36.9 Å². The number of aliphatic carboxylic acids is 1. The van der Waals surface area contributed by atoms with Gasteiger partial charge in [0.1, 0.15) is 5.75 Å². The monoisotopic (exact) mass is 458 g/mol. The first-order valence-electron chi connectivity index (χ1n) is 9.61. The summed E-state index contributed by atoms with van der Waals surface area (Å²) in [6.45, 7) is 9.36. The summed E-state index contributed by atoms with van der Waals surface area (Å²) in [5.74, 6) is 0.380. The highest BCUT2D eigenvalue weighted by Crippen LogP contribution is 2.32. The summed E-state index contributed by atoms with van der Waals surface area (Å²) >= 11 is 1.62. The van der Waals surface area contributed by atoms with Crippen LogP contribution in [0.15, 0.2) is 35.9 Å². The van der Waals surface area contributed by atoms with Gasteiger partial charge in [-0.1, -0.05) is 32.1 Å². The number of carbonyl (C=O) groups is 2. The Balaban J connectivity index is 0.00000841. The number of nitrogens with zero attached hydrogens (tertiary/aromatic N) is 1. The highest BCUT2D eigenvalue weighted by atomic mass is 35.5. The average Bonchev–Trinajstić information content (AvgIpc) is 2.68. The molecule has 6 nitrogen and oxygen atoms in total. The molecule has 8 heteroatoms. The van der Waals surface area contributed by atoms with Crippen molar-refractivity contribution < 1.29 is 19.4 Å². The molecular weight excluding hydrogens is 424 g/mol. The van der Waals surface area contributed by atoms with Gasteiger partial charge < -0.3 is 20.5 Å². The zero-order valence-electron chi connectivity index (χ0n) is 18.8. The minimum absolute atomic E-state index is 0. The number of hydrogen-bond donors (Lipinski definition) is 2. The summed E-state index contributed by atoms with van der Waals surface area (Å²) in [4.78, 5) is 25.8. The predicted molar refractivity (Wildman–Crippen MR) is 126 cm³/mol. The number of carboxylic acids is 1. The lowest BCUT2D eigenvalue weighted by atomic mass is 9.97. The first-order valence-corrected chi connectivity index (χ1v) is 10.6. The number of carbonyl (C=O) groups excluding carboxylic acids is 1. The average molecular weight is 459 g/mol. The van der Waals surface area contributed by atoms with Crippen molar-refractivity contribution >= 4 is 36.0 Å². The van der Waals surface area contributed by atoms with Gasteiger partial charge >= 0.3 is 5.97 Å². The van der Waals surface area contributed by atoms with Gasteiger partial charge in [0, 0.05) is 23.1 Å². The van der Waals surface area contributed by atoms with Gasteiger partial charge in [0.2, 0.25) is 5.91 Å². The van der Waals surface area contributed by atoms with Gasteiger partial charge in [-0.3, -0.25) is 4.79 Å². The molecule has 30 heavy (non-hydrogen) atoms. The van der Waals surface area contributed by atoms with E-state index in [9.17, 15) is 14.7 Å². The van der Waals surface area contributed by atoms with Crippen molar-refractivity contribution in [1.29, 1.82) is 0 Å². The van der Waals surface area contributed by atoms with Gasteiger partial charge in [-0.05, 0) is 44.4 Å². The zero-order valence-corrected chi connectivity index (χ0v) is 20.5. The minimum atomic E-state index is -0.990. The highest BCUT2D eigenvalue weighted by molar-refractivity contribution is 7.99. The molecule has 1 aromatic carbocycles. The van der Waals surface area contributed by atoms with Crippen LogP contribution in [0.2, 0.25) is 0 Å². The number of halogens is 1. The van der Waals surface area contributed by atoms with E-state index in [2.05, 4.69) is 0 Å². The van der Waals surface area contributed by atoms with Crippen molar-refractivity contribution in [2.45, 2.75) is 57.2 Å². The smallest absolute Gasteiger partial charge is 0.331 e. The Morgan fingerprint density at radius 1 is 1.27 bits per heavy atom. The number of hydrogen-bond acceptors (Lipinski definition) is 5. The second-order valence-electron chi connectivity index (χ2n) is 8.06. The fourth-order valence-corrected chi connectivity index (χ4v) is 3.83. The topological polar surface area (TPSA) is 92.9 Å². The molecular formula is C22H35ClN2O4S. The molecule has 0 aliphatic rings. The van der Waals surface area contributed by atoms with Gasteiger partial charge in [-0.2, -0.15) is 0 Å². The molecule has 0 heterocycles. The Bertz CT molecular complexity index is 735. The second-order valence-corrected chi connectivity index (χ2v) is 9.69. The number of benzene rings is 1. The molecule has 0 unspecified atom stereocenters. The minimum Gasteiger partial charge on any atom is -0.497 e. The van der Waals surface area contributed by atoms with Gasteiger partial charge in [-0.25, -0.2) is 4.79 Å². The third kappa shape index (κ3) is 7.85. The third-order valence-corrected chi connectivity index (χ3v) is 6.50. The van der Waals surface area contributed by atoms with Crippen molar-refractivity contribution in [3.8, 4) is 5.75 Å². The van der Waals surface area contributed by atoms with Crippen LogP contribution in [0.4, 0.5) is 0 Å². The standard InChI is InChI=1S/C22H34N2O4S.ClH/c1-14(2)18(12-15(3)21(26)27)24(6)20(25)19(23)22(4,5)29-13-16-8-10-17(28-7)11-9-16;/h8-12,14,18-19H,13,23H2,1-7H3,(H,26,27);1H/t18-,19+;/m0./s1. The van der Waals surface area contributed by atoms with Gasteiger partial charge in [-0.15, -0.1) is 24.2 Å². The molecule has 1 amide bonds. The normalized spacial score (nSPS) is 14.0. The summed E-state index contributed by atoms with van der Waals surface area (Å²) < 4.78 is 4.67. The number of methoxy groups -OCH3 is 1. The number of carboxylic acid groups (broad SMARTS) is 1. The van der Waals surface area contributed by atoms with E-state index in [1.165, 1.54) is 6.92 Å². The SMILES string of the molecule is COc1ccc(CSC(C)(C)[C@H](N)C(=O)N(C)[C@@H](C=C(C)C(=O)O)C(C)C)cc1.Cl. The zero-order chi connectivity index (χ0) is 22.4. The van der Waals surface area contributed by atoms with Gasteiger partial charge in [0.05, 0.1) is 19.2 Å². The molecule has 0 spiro atoms. The number of nitrogens with two attached hydrogens (primary N) is 1. The summed E-state index contributed by atoms with van der Waals surface area (Å²) in [6.07, 6.45) is 1.62. The van der Waals surface area contributed by atoms with E-state index < -0.39 is 16.8 Å². The molecule has 2 atom stereocenters. The van der Waals surface area contributed by atoms with E-state index in [4.69, 9.17) is 10.5 Å². The Labute approximate surface area is 190 Å². The fourth-order valence-electron chi connectivity index (χ4n) is 2.82. The summed E-state index contributed by atoms with van der Waals surface area (Å²) in [6, 6.07) is 6.74. The highest BCUT2D eigenvalue weighted by Gasteiger charge is 2.36. The summed E-state index contributed by atoms with van der Waals surface area (Å²) in [5.41, 5.74) is 7.70. The van der Waals surface area contributed by atoms with E-state index >= 15 is 0 Å². The van der Waals surface area contributed by atoms with Crippen LogP contribution in [0, 0.1) is 5.92 Å². The molecule has 0 saturated heterocycles. The van der Waals surface area contributed by atoms with Gasteiger partial charge in [0.25, 0.3) is 0 Å². The largest absolute Gasteiger partial charge is 0.497 e. The van der Waals surface area contributed by atoms with E-state index in [1.807, 2.05) is 52.0 Å². The van der Waals surface area contributed by atoms with E-state index in [0.717, 1.165) is 11.3 Å². The molecule has 0 radical (unpaired) electrons. The Kier molecular flexibility index (Phi) is 11.5. The predicted octanol–water partition coefficient (Wildman–Crippen LogP) is 3.97. The maximum absolute atomic E-state index is 13.1. The lowest BCUT2D eigenvalue weighted by molar-refractivity contribution is -0.135. The van der Waals surface area contributed by atoms with Crippen molar-refractivity contribution in [2.75, 3.05) is 14.2 Å². The molecule has 0 saturated carbocycles. The maximum Gasteiger partial charge on any atom is 0.331 e. The molecule has 0 aliphatic heterocycles. The number of ether oxygens (including phenoxy) is 1. The van der Waals surface area contributed by atoms with E-state index in [0.29, 0.717) is 5.75 Å². The number of thioether (sulfide) groups is 1. The molecule has 1 rings (SSSR count). The molecule has 0 fully saturated rings. The third-order valence-electron chi connectivity index (χ3n) is 5.02. The molecule has 1 aromatic rings. The Hall–Kier alpha value is -1.70. The molecule has 170 valence electrons. The van der Waals surface area contributed by atoms with Crippen molar-refractivity contribution in [1.82, 2.24) is 4.90 Å². The molecule has 0 aliphatic carbocycles. The van der Waals surface area contributed by atoms with E-state index in [-0.39, 0.29) is 35.8 Å². The summed E-state index contributed by atoms with van der Waals surface area (Å²) in [5, 5.41) is 9.18. The Morgan fingerprint density at radius 2 is 1.80 bits per heavy atom. The van der Waals surface area contributed by atoms with Crippen molar-refractivity contribution in [2.24, 2.45) is 11.7 Å². The maximum atomic E-state index is 13.1. The number of rotatable bonds is 10. The summed E-state index contributed by atoms with van der Waals surface area (Å²) in [7, 11) is 3.31. The van der Waals surface area contributed by atoms with Crippen LogP contribution in [0.25, 0.3) is 0 Å². The Morgan fingerprint density at radius 3 is 2.23 bits per heavy atom. The fraction of sp³-hybridized carbons (Fsp3) is 0.545. The second kappa shape index (κ2) is 12.2. The number of amides is 1. The van der Waals surface area contributed by atoms with Crippen LogP contribution in [0.3, 0.4) is 0 Å². The van der Waals surface area contributed by atoms with Crippen molar-refractivity contribution in [3.63, 3.8) is 0 Å². The molecule has 3 N–H and O–H groups in total.